The summed E-state index contributed by atoms with van der Waals surface area (Å²) in [4.78, 5) is 33.9. The fourth-order valence-corrected chi connectivity index (χ4v) is 16.2. The summed E-state index contributed by atoms with van der Waals surface area (Å²) < 4.78 is 155. The van der Waals surface area contributed by atoms with E-state index < -0.39 is 7.60 Å². The minimum atomic E-state index is -3.40. The van der Waals surface area contributed by atoms with Crippen LogP contribution in [0.3, 0.4) is 0 Å². The quantitative estimate of drug-likeness (QED) is 0.0247. The number of amides is 1. The second-order valence-electron chi connectivity index (χ2n) is 31.6. The number of carbonyl (C=O) groups is 2. The van der Waals surface area contributed by atoms with E-state index in [0.717, 1.165) is 74.0 Å². The summed E-state index contributed by atoms with van der Waals surface area (Å²) in [5.74, 6) is 4.81. The van der Waals surface area contributed by atoms with Gasteiger partial charge in [-0.15, -0.1) is 0 Å². The Kier molecular flexibility index (Phi) is 69.7. The largest absolute Gasteiger partial charge is 0.462 e. The monoisotopic (exact) mass is 1730 g/mol. The summed E-state index contributed by atoms with van der Waals surface area (Å²) in [6.07, 6.45) is 21.2. The van der Waals surface area contributed by atoms with E-state index in [9.17, 15) is 14.2 Å². The molecule has 0 aromatic rings. The third-order valence-electron chi connectivity index (χ3n) is 22.0. The van der Waals surface area contributed by atoms with Gasteiger partial charge in [-0.1, -0.05) is 78.4 Å². The number of fused-ring (bicyclic) bond motifs is 5. The zero-order valence-corrected chi connectivity index (χ0v) is 75.3. The number of nitrogens with one attached hydrogen (secondary N) is 1. The Labute approximate surface area is 714 Å². The van der Waals surface area contributed by atoms with Crippen LogP contribution in [0.15, 0.2) is 11.6 Å². The van der Waals surface area contributed by atoms with Gasteiger partial charge in [-0.05, 0) is 111 Å². The highest BCUT2D eigenvalue weighted by Crippen LogP contribution is 2.67. The lowest BCUT2D eigenvalue weighted by Gasteiger charge is -2.58. The minimum Gasteiger partial charge on any atom is -0.462 e. The summed E-state index contributed by atoms with van der Waals surface area (Å²) >= 11 is 0. The van der Waals surface area contributed by atoms with Crippen LogP contribution in [-0.4, -0.2) is 360 Å². The van der Waals surface area contributed by atoms with E-state index in [4.69, 9.17) is 128 Å². The first-order chi connectivity index (χ1) is 58.2. The molecule has 2 N–H and O–H groups in total. The van der Waals surface area contributed by atoms with Crippen molar-refractivity contribution in [1.82, 2.24) is 5.32 Å². The highest BCUT2D eigenvalue weighted by atomic mass is 31.2. The van der Waals surface area contributed by atoms with Crippen molar-refractivity contribution in [3.63, 3.8) is 0 Å². The van der Waals surface area contributed by atoms with Gasteiger partial charge in [-0.3, -0.25) is 14.2 Å². The van der Waals surface area contributed by atoms with E-state index in [0.29, 0.717) is 355 Å². The standard InChI is InChI=1S/C87H164NO30P/c1-76(2)13-11-14-77(3)81-18-19-82-80-17-16-78-75-79(20-23-86(78,4)83(80)21-24-87(81,82)5)118-85(90)15-12-26-93-29-31-95-33-35-97-37-39-99-41-43-101-45-47-103-49-51-105-53-55-107-57-59-109-61-63-111-65-67-113-69-71-115-73-74-116-72-70-114-68-66-112-64-62-110-60-58-108-56-54-106-52-50-104-48-46-102-44-42-100-40-38-98-36-34-96-32-30-94-28-22-84(89)88-25-9-7-8-10-27-117-119(6,91)92/h16,76-77,79-83H,7-15,17-75H2,1-6H3,(H,88,89)(H,91,92)/t77-,79+,80-,81?,82+,83+,86+,87-/m1/s1. The van der Waals surface area contributed by atoms with Crippen molar-refractivity contribution in [2.24, 2.45) is 46.3 Å². The van der Waals surface area contributed by atoms with E-state index >= 15 is 0 Å². The molecule has 4 rings (SSSR count). The Morgan fingerprint density at radius 2 is 0.723 bits per heavy atom. The summed E-state index contributed by atoms with van der Waals surface area (Å²) in [5.41, 5.74) is 2.33. The van der Waals surface area contributed by atoms with Gasteiger partial charge in [-0.25, -0.2) is 0 Å². The molecule has 32 heteroatoms. The molecule has 1 amide bonds. The number of esters is 1. The Morgan fingerprint density at radius 3 is 1.07 bits per heavy atom. The van der Waals surface area contributed by atoms with Crippen LogP contribution in [-0.2, 0) is 137 Å². The Hall–Kier alpha value is -2.13. The highest BCUT2D eigenvalue weighted by molar-refractivity contribution is 7.51. The van der Waals surface area contributed by atoms with Crippen LogP contribution in [0.25, 0.3) is 0 Å². The first-order valence-corrected chi connectivity index (χ1v) is 47.2. The predicted molar refractivity (Wildman–Crippen MR) is 450 cm³/mol. The molecule has 0 spiro atoms. The van der Waals surface area contributed by atoms with Crippen LogP contribution >= 0.6 is 7.60 Å². The molecule has 0 bridgehead atoms. The molecular formula is C87H164NO30P. The Morgan fingerprint density at radius 1 is 0.387 bits per heavy atom. The zero-order valence-electron chi connectivity index (χ0n) is 74.4. The molecule has 0 aliphatic heterocycles. The normalized spacial score (nSPS) is 20.5. The molecule has 4 aliphatic carbocycles. The molecule has 0 aromatic heterocycles. The van der Waals surface area contributed by atoms with Crippen molar-refractivity contribution < 1.29 is 142 Å². The first kappa shape index (κ1) is 109. The molecule has 4 aliphatic rings. The maximum Gasteiger partial charge on any atom is 0.325 e. The maximum atomic E-state index is 12.9. The van der Waals surface area contributed by atoms with Crippen molar-refractivity contribution in [3.8, 4) is 0 Å². The number of carbonyl (C=O) groups excluding carboxylic acids is 2. The van der Waals surface area contributed by atoms with Gasteiger partial charge in [0, 0.05) is 39.1 Å². The fourth-order valence-electron chi connectivity index (χ4n) is 15.8. The fraction of sp³-hybridized carbons (Fsp3) is 0.954. The first-order valence-electron chi connectivity index (χ1n) is 45.2. The summed E-state index contributed by atoms with van der Waals surface area (Å²) in [5, 5.41) is 2.86. The van der Waals surface area contributed by atoms with Gasteiger partial charge in [0.15, 0.2) is 0 Å². The predicted octanol–water partition coefficient (Wildman–Crippen LogP) is 10.0. The summed E-state index contributed by atoms with van der Waals surface area (Å²) in [6.45, 7) is 37.1. The number of rotatable bonds is 90. The summed E-state index contributed by atoms with van der Waals surface area (Å²) in [6, 6.07) is 0. The van der Waals surface area contributed by atoms with Crippen LogP contribution in [0, 0.1) is 46.3 Å². The zero-order chi connectivity index (χ0) is 85.2. The minimum absolute atomic E-state index is 0.000713. The number of ether oxygens (including phenoxy) is 25. The molecule has 0 heterocycles. The SMILES string of the molecule is CC(C)CCC[C@@H](C)C1CC[C@H]2[C@H]3CC=C4C[C@@H](OC(=O)CCCOCCOCCOCCOCCOCCOCCOCCOCCOCCOCCOCCOCCOCCOCCOCCOCCOCCOCCOCCOCCOCCOCCOCCOCCC(=O)NCCCCCCOP(C)(=O)O)CC[C@]4(C)[C@H]3CC[C@]12C. The van der Waals surface area contributed by atoms with Crippen LogP contribution in [0.5, 0.6) is 0 Å². The average Bonchev–Trinajstić information content (AvgIpc) is 1.68. The van der Waals surface area contributed by atoms with Crippen molar-refractivity contribution in [3.05, 3.63) is 11.6 Å². The smallest absolute Gasteiger partial charge is 0.325 e. The molecule has 0 aromatic carbocycles. The third-order valence-corrected chi connectivity index (χ3v) is 22.6. The van der Waals surface area contributed by atoms with Gasteiger partial charge in [0.25, 0.3) is 0 Å². The molecule has 2 unspecified atom stereocenters. The van der Waals surface area contributed by atoms with E-state index in [1.54, 1.807) is 5.57 Å². The van der Waals surface area contributed by atoms with E-state index in [1.807, 2.05) is 0 Å². The lowest BCUT2D eigenvalue weighted by Crippen LogP contribution is -2.51. The van der Waals surface area contributed by atoms with Crippen molar-refractivity contribution in [2.45, 2.75) is 156 Å². The van der Waals surface area contributed by atoms with Gasteiger partial charge in [-0.2, -0.15) is 0 Å². The molecule has 702 valence electrons. The van der Waals surface area contributed by atoms with Crippen LogP contribution in [0.1, 0.15) is 150 Å². The van der Waals surface area contributed by atoms with E-state index in [2.05, 4.69) is 46.0 Å². The van der Waals surface area contributed by atoms with Crippen LogP contribution < -0.4 is 5.32 Å². The molecule has 3 fully saturated rings. The lowest BCUT2D eigenvalue weighted by atomic mass is 9.47. The van der Waals surface area contributed by atoms with E-state index in [1.165, 1.54) is 58.0 Å². The average molecular weight is 1740 g/mol. The van der Waals surface area contributed by atoms with Crippen molar-refractivity contribution in [1.29, 1.82) is 0 Å². The number of hydrogen-bond donors (Lipinski definition) is 2. The molecule has 119 heavy (non-hydrogen) atoms. The van der Waals surface area contributed by atoms with Gasteiger partial charge < -0.3 is 133 Å². The topological polar surface area (TPSA) is 323 Å². The second kappa shape index (κ2) is 76.0. The Bertz CT molecular complexity index is 2390. The van der Waals surface area contributed by atoms with Gasteiger partial charge in [0.05, 0.1) is 317 Å². The van der Waals surface area contributed by atoms with Crippen molar-refractivity contribution in [2.75, 3.05) is 337 Å². The van der Waals surface area contributed by atoms with Gasteiger partial charge in [0.2, 0.25) is 5.91 Å². The Balaban J connectivity index is 0.712. The highest BCUT2D eigenvalue weighted by Gasteiger charge is 2.59. The molecule has 31 nitrogen and oxygen atoms in total. The lowest BCUT2D eigenvalue weighted by molar-refractivity contribution is -0.152. The maximum absolute atomic E-state index is 12.9. The number of unbranched alkanes of at least 4 members (excludes halogenated alkanes) is 3. The van der Waals surface area contributed by atoms with E-state index in [-0.39, 0.29) is 30.0 Å². The number of allylic oxidation sites excluding steroid dienone is 1. The molecule has 9 atom stereocenters. The van der Waals surface area contributed by atoms with Crippen LogP contribution in [0.2, 0.25) is 0 Å². The second-order valence-corrected chi connectivity index (χ2v) is 33.5. The molecule has 0 radical (unpaired) electrons. The summed E-state index contributed by atoms with van der Waals surface area (Å²) in [7, 11) is -3.40. The third kappa shape index (κ3) is 58.8. The molecule has 3 saturated carbocycles. The van der Waals surface area contributed by atoms with Gasteiger partial charge >= 0.3 is 13.6 Å². The number of hydrogen-bond acceptors (Lipinski definition) is 29. The van der Waals surface area contributed by atoms with Gasteiger partial charge in [0.1, 0.15) is 6.10 Å². The molecule has 0 saturated heterocycles. The van der Waals surface area contributed by atoms with Crippen LogP contribution in [0.4, 0.5) is 0 Å². The van der Waals surface area contributed by atoms with Crippen molar-refractivity contribution >= 4 is 19.5 Å². The molecular weight excluding hydrogens is 1570 g/mol.